The van der Waals surface area contributed by atoms with E-state index in [1.54, 1.807) is 44.3 Å². The average molecular weight is 326 g/mol. The molecule has 3 N–H and O–H groups in total. The highest BCUT2D eigenvalue weighted by Gasteiger charge is 2.19. The first-order valence-electron chi connectivity index (χ1n) is 7.75. The number of rotatable bonds is 5. The molecule has 1 atom stereocenters. The van der Waals surface area contributed by atoms with Crippen LogP contribution in [0.4, 0.5) is 0 Å². The van der Waals surface area contributed by atoms with Gasteiger partial charge in [-0.2, -0.15) is 0 Å². The Balaban J connectivity index is 2.21. The molecule has 0 radical (unpaired) electrons. The summed E-state index contributed by atoms with van der Waals surface area (Å²) in [4.78, 5) is 25.0. The Morgan fingerprint density at radius 1 is 1.17 bits per heavy atom. The van der Waals surface area contributed by atoms with E-state index in [1.165, 1.54) is 4.90 Å². The second kappa shape index (κ2) is 7.17. The Kier molecular flexibility index (Phi) is 5.24. The van der Waals surface area contributed by atoms with Gasteiger partial charge in [-0.15, -0.1) is 0 Å². The van der Waals surface area contributed by atoms with Crippen molar-refractivity contribution in [1.29, 1.82) is 0 Å². The number of benzene rings is 2. The molecule has 24 heavy (non-hydrogen) atoms. The van der Waals surface area contributed by atoms with Gasteiger partial charge >= 0.3 is 0 Å². The van der Waals surface area contributed by atoms with Crippen LogP contribution in [0.3, 0.4) is 0 Å². The van der Waals surface area contributed by atoms with Crippen LogP contribution in [0, 0.1) is 6.92 Å². The zero-order valence-electron chi connectivity index (χ0n) is 14.1. The number of amides is 2. The molecule has 0 fully saturated rings. The lowest BCUT2D eigenvalue weighted by Crippen LogP contribution is -2.37. The summed E-state index contributed by atoms with van der Waals surface area (Å²) < 4.78 is 0. The van der Waals surface area contributed by atoms with Gasteiger partial charge in [0.2, 0.25) is 5.91 Å². The van der Waals surface area contributed by atoms with E-state index in [2.05, 4.69) is 0 Å². The van der Waals surface area contributed by atoms with E-state index in [9.17, 15) is 14.7 Å². The van der Waals surface area contributed by atoms with E-state index in [4.69, 9.17) is 5.73 Å². The van der Waals surface area contributed by atoms with Crippen LogP contribution in [-0.2, 0) is 4.79 Å². The summed E-state index contributed by atoms with van der Waals surface area (Å²) in [6, 6.07) is 12.2. The molecule has 0 spiro atoms. The van der Waals surface area contributed by atoms with Crippen molar-refractivity contribution >= 4 is 11.8 Å². The highest BCUT2D eigenvalue weighted by atomic mass is 16.3. The first kappa shape index (κ1) is 17.5. The van der Waals surface area contributed by atoms with Crippen LogP contribution in [0.25, 0.3) is 11.1 Å². The number of aromatic hydroxyl groups is 1. The maximum atomic E-state index is 12.5. The quantitative estimate of drug-likeness (QED) is 0.886. The lowest BCUT2D eigenvalue weighted by atomic mass is 10.0. The zero-order valence-corrected chi connectivity index (χ0v) is 14.1. The molecule has 0 aliphatic rings. The Hall–Kier alpha value is -2.82. The predicted octanol–water partition coefficient (Wildman–Crippen LogP) is 2.70. The summed E-state index contributed by atoms with van der Waals surface area (Å²) in [6.45, 7) is 3.73. The van der Waals surface area contributed by atoms with Gasteiger partial charge in [0.05, 0.1) is 0 Å². The Morgan fingerprint density at radius 3 is 2.38 bits per heavy atom. The minimum absolute atomic E-state index is 0.123. The molecule has 126 valence electrons. The van der Waals surface area contributed by atoms with E-state index in [0.29, 0.717) is 5.56 Å². The number of phenols is 1. The molecule has 2 rings (SSSR count). The minimum atomic E-state index is -0.438. The summed E-state index contributed by atoms with van der Waals surface area (Å²) in [5.74, 6) is -0.414. The van der Waals surface area contributed by atoms with Crippen LogP contribution in [0.15, 0.2) is 42.5 Å². The molecule has 5 heteroatoms. The first-order valence-corrected chi connectivity index (χ1v) is 7.75. The molecule has 0 saturated heterocycles. The second-order valence-electron chi connectivity index (χ2n) is 6.03. The Labute approximate surface area is 141 Å². The van der Waals surface area contributed by atoms with Crippen molar-refractivity contribution in [1.82, 2.24) is 4.90 Å². The minimum Gasteiger partial charge on any atom is -0.507 e. The average Bonchev–Trinajstić information content (AvgIpc) is 2.55. The van der Waals surface area contributed by atoms with E-state index in [1.807, 2.05) is 19.1 Å². The van der Waals surface area contributed by atoms with Crippen LogP contribution < -0.4 is 5.73 Å². The number of aryl methyl sites for hydroxylation is 1. The topological polar surface area (TPSA) is 83.6 Å². The number of carbonyl (C=O) groups is 2. The largest absolute Gasteiger partial charge is 0.507 e. The number of nitrogens with zero attached hydrogens (tertiary/aromatic N) is 1. The van der Waals surface area contributed by atoms with Crippen molar-refractivity contribution in [2.45, 2.75) is 26.3 Å². The number of hydrogen-bond donors (Lipinski definition) is 2. The molecule has 2 aromatic rings. The monoisotopic (exact) mass is 326 g/mol. The molecule has 0 aromatic heterocycles. The standard InChI is InChI=1S/C19H22N2O3/c1-12-4-9-17(22)16(10-12)14-5-7-15(8-6-14)19(24)21(3)13(2)11-18(20)23/h4-10,13,22H,11H2,1-3H3,(H2,20,23)/t13-/m1/s1. The summed E-state index contributed by atoms with van der Waals surface area (Å²) in [5, 5.41) is 9.99. The highest BCUT2D eigenvalue weighted by Crippen LogP contribution is 2.30. The highest BCUT2D eigenvalue weighted by molar-refractivity contribution is 5.95. The van der Waals surface area contributed by atoms with E-state index >= 15 is 0 Å². The molecule has 0 unspecified atom stereocenters. The fraction of sp³-hybridized carbons (Fsp3) is 0.263. The van der Waals surface area contributed by atoms with Crippen LogP contribution in [0.5, 0.6) is 5.75 Å². The number of primary amides is 1. The Morgan fingerprint density at radius 2 is 1.79 bits per heavy atom. The lowest BCUT2D eigenvalue weighted by Gasteiger charge is -2.24. The fourth-order valence-corrected chi connectivity index (χ4v) is 2.51. The van der Waals surface area contributed by atoms with Gasteiger partial charge < -0.3 is 15.7 Å². The number of phenolic OH excluding ortho intramolecular Hbond substituents is 1. The van der Waals surface area contributed by atoms with Crippen LogP contribution in [0.2, 0.25) is 0 Å². The predicted molar refractivity (Wildman–Crippen MR) is 93.6 cm³/mol. The van der Waals surface area contributed by atoms with E-state index in [0.717, 1.165) is 16.7 Å². The van der Waals surface area contributed by atoms with Gasteiger partial charge in [-0.05, 0) is 43.7 Å². The molecule has 0 heterocycles. The third-order valence-corrected chi connectivity index (χ3v) is 4.07. The molecule has 0 bridgehead atoms. The normalized spacial score (nSPS) is 11.8. The van der Waals surface area contributed by atoms with Crippen molar-refractivity contribution in [3.63, 3.8) is 0 Å². The SMILES string of the molecule is Cc1ccc(O)c(-c2ccc(C(=O)N(C)[C@H](C)CC(N)=O)cc2)c1. The van der Waals surface area contributed by atoms with Crippen molar-refractivity contribution in [2.75, 3.05) is 7.05 Å². The maximum absolute atomic E-state index is 12.5. The van der Waals surface area contributed by atoms with Gasteiger partial charge in [0, 0.05) is 30.6 Å². The molecule has 5 nitrogen and oxygen atoms in total. The van der Waals surface area contributed by atoms with Crippen LogP contribution in [-0.4, -0.2) is 34.9 Å². The maximum Gasteiger partial charge on any atom is 0.253 e. The van der Waals surface area contributed by atoms with Gasteiger partial charge in [-0.3, -0.25) is 9.59 Å². The van der Waals surface area contributed by atoms with Gasteiger partial charge in [0.25, 0.3) is 5.91 Å². The van der Waals surface area contributed by atoms with Crippen molar-refractivity contribution in [3.8, 4) is 16.9 Å². The molecule has 2 aromatic carbocycles. The van der Waals surface area contributed by atoms with E-state index < -0.39 is 5.91 Å². The molecule has 0 aliphatic carbocycles. The molecule has 0 aliphatic heterocycles. The fourth-order valence-electron chi connectivity index (χ4n) is 2.51. The number of nitrogens with two attached hydrogens (primary N) is 1. The van der Waals surface area contributed by atoms with Gasteiger partial charge in [-0.25, -0.2) is 0 Å². The van der Waals surface area contributed by atoms with Gasteiger partial charge in [0.1, 0.15) is 5.75 Å². The van der Waals surface area contributed by atoms with Gasteiger partial charge in [0.15, 0.2) is 0 Å². The van der Waals surface area contributed by atoms with Crippen molar-refractivity contribution in [2.24, 2.45) is 5.73 Å². The lowest BCUT2D eigenvalue weighted by molar-refractivity contribution is -0.118. The summed E-state index contributed by atoms with van der Waals surface area (Å²) in [7, 11) is 1.65. The zero-order chi connectivity index (χ0) is 17.9. The summed E-state index contributed by atoms with van der Waals surface area (Å²) in [6.07, 6.45) is 0.123. The van der Waals surface area contributed by atoms with Crippen molar-refractivity contribution in [3.05, 3.63) is 53.6 Å². The van der Waals surface area contributed by atoms with Crippen molar-refractivity contribution < 1.29 is 14.7 Å². The summed E-state index contributed by atoms with van der Waals surface area (Å²) in [5.41, 5.74) is 8.30. The number of carbonyl (C=O) groups excluding carboxylic acids is 2. The van der Waals surface area contributed by atoms with E-state index in [-0.39, 0.29) is 24.1 Å². The smallest absolute Gasteiger partial charge is 0.253 e. The molecular formula is C19H22N2O3. The first-order chi connectivity index (χ1) is 11.3. The molecule has 2 amide bonds. The third kappa shape index (κ3) is 3.93. The molecule has 0 saturated carbocycles. The Bertz CT molecular complexity index is 754. The third-order valence-electron chi connectivity index (χ3n) is 4.07. The molecular weight excluding hydrogens is 304 g/mol. The second-order valence-corrected chi connectivity index (χ2v) is 6.03. The summed E-state index contributed by atoms with van der Waals surface area (Å²) >= 11 is 0. The number of hydrogen-bond acceptors (Lipinski definition) is 3. The van der Waals surface area contributed by atoms with Crippen LogP contribution in [0.1, 0.15) is 29.3 Å². The van der Waals surface area contributed by atoms with Crippen LogP contribution >= 0.6 is 0 Å². The van der Waals surface area contributed by atoms with Gasteiger partial charge in [-0.1, -0.05) is 23.8 Å².